The van der Waals surface area contributed by atoms with Crippen molar-refractivity contribution in [1.82, 2.24) is 9.03 Å². The highest BCUT2D eigenvalue weighted by molar-refractivity contribution is 7.87. The number of hydrogen-bond acceptors (Lipinski definition) is 4. The molecule has 0 spiro atoms. The maximum atomic E-state index is 11.8. The van der Waals surface area contributed by atoms with E-state index in [1.54, 1.807) is 0 Å². The van der Waals surface area contributed by atoms with Crippen LogP contribution in [0.1, 0.15) is 19.3 Å². The van der Waals surface area contributed by atoms with E-state index >= 15 is 0 Å². The number of rotatable bonds is 8. The van der Waals surface area contributed by atoms with Gasteiger partial charge >= 0.3 is 12.1 Å². The Balaban J connectivity index is 4.06. The average molecular weight is 306 g/mol. The first-order chi connectivity index (χ1) is 8.58. The predicted octanol–water partition coefficient (Wildman–Crippen LogP) is 0.658. The van der Waals surface area contributed by atoms with E-state index in [1.165, 1.54) is 14.2 Å². The second-order valence-electron chi connectivity index (χ2n) is 3.77. The maximum Gasteiger partial charge on any atom is 0.389 e. The number of carbonyl (C=O) groups is 1. The number of esters is 1. The molecule has 0 bridgehead atoms. The smallest absolute Gasteiger partial charge is 0.389 e. The van der Waals surface area contributed by atoms with Gasteiger partial charge in [-0.05, 0) is 6.42 Å². The molecule has 114 valence electrons. The van der Waals surface area contributed by atoms with E-state index in [4.69, 9.17) is 0 Å². The molecule has 6 nitrogen and oxygen atoms in total. The number of carbonyl (C=O) groups excluding carboxylic acids is 1. The fourth-order valence-electron chi connectivity index (χ4n) is 1.07. The predicted molar refractivity (Wildman–Crippen MR) is 61.5 cm³/mol. The van der Waals surface area contributed by atoms with Gasteiger partial charge in [-0.3, -0.25) is 4.79 Å². The summed E-state index contributed by atoms with van der Waals surface area (Å²) < 4.78 is 65.8. The van der Waals surface area contributed by atoms with Crippen LogP contribution in [0.2, 0.25) is 0 Å². The zero-order valence-electron chi connectivity index (χ0n) is 10.7. The molecule has 0 amide bonds. The van der Waals surface area contributed by atoms with Crippen LogP contribution in [0, 0.1) is 0 Å². The molecule has 0 aromatic heterocycles. The molecule has 0 unspecified atom stereocenters. The topological polar surface area (TPSA) is 75.7 Å². The number of halogens is 3. The summed E-state index contributed by atoms with van der Waals surface area (Å²) in [6, 6.07) is 0. The first kappa shape index (κ1) is 18.1. The minimum atomic E-state index is -4.30. The molecule has 0 radical (unpaired) electrons. The normalized spacial score (nSPS) is 12.7. The Hall–Kier alpha value is -0.870. The lowest BCUT2D eigenvalue weighted by atomic mass is 10.3. The Morgan fingerprint density at radius 1 is 1.37 bits per heavy atom. The van der Waals surface area contributed by atoms with Crippen molar-refractivity contribution in [1.29, 1.82) is 0 Å². The summed E-state index contributed by atoms with van der Waals surface area (Å²) in [5.41, 5.74) is 0. The van der Waals surface area contributed by atoms with Crippen LogP contribution < -0.4 is 4.72 Å². The minimum Gasteiger partial charge on any atom is -0.469 e. The highest BCUT2D eigenvalue weighted by atomic mass is 32.2. The average Bonchev–Trinajstić information content (AvgIpc) is 2.29. The van der Waals surface area contributed by atoms with E-state index in [0.29, 0.717) is 0 Å². The van der Waals surface area contributed by atoms with Crippen molar-refractivity contribution < 1.29 is 31.1 Å². The highest BCUT2D eigenvalue weighted by Gasteiger charge is 2.26. The van der Waals surface area contributed by atoms with Gasteiger partial charge in [-0.1, -0.05) is 0 Å². The molecular weight excluding hydrogens is 289 g/mol. The molecule has 1 N–H and O–H groups in total. The van der Waals surface area contributed by atoms with Crippen LogP contribution in [0.15, 0.2) is 0 Å². The van der Waals surface area contributed by atoms with Gasteiger partial charge in [0.25, 0.3) is 10.2 Å². The number of nitrogens with one attached hydrogen (secondary N) is 1. The van der Waals surface area contributed by atoms with Crippen LogP contribution in [0.5, 0.6) is 0 Å². The molecule has 0 rings (SSSR count). The van der Waals surface area contributed by atoms with E-state index in [2.05, 4.69) is 4.74 Å². The van der Waals surface area contributed by atoms with Gasteiger partial charge in [-0.25, -0.2) is 4.72 Å². The first-order valence-electron chi connectivity index (χ1n) is 5.43. The number of ether oxygens (including phenoxy) is 1. The standard InChI is InChI=1S/C9H17F3N2O4S/c1-14(7-4-8(15)18-2)19(16,17)13-6-3-5-9(10,11)12/h13H,3-7H2,1-2H3. The van der Waals surface area contributed by atoms with Crippen molar-refractivity contribution in [2.75, 3.05) is 27.2 Å². The number of alkyl halides is 3. The van der Waals surface area contributed by atoms with E-state index in [0.717, 1.165) is 4.31 Å². The molecule has 0 aliphatic rings. The molecular formula is C9H17F3N2O4S. The number of methoxy groups -OCH3 is 1. The molecule has 0 saturated carbocycles. The zero-order valence-corrected chi connectivity index (χ0v) is 11.5. The van der Waals surface area contributed by atoms with Crippen LogP contribution in [0.4, 0.5) is 13.2 Å². The molecule has 0 aliphatic heterocycles. The minimum absolute atomic E-state index is 0.110. The highest BCUT2D eigenvalue weighted by Crippen LogP contribution is 2.20. The summed E-state index contributed by atoms with van der Waals surface area (Å²) in [5, 5.41) is 0. The van der Waals surface area contributed by atoms with Gasteiger partial charge in [-0.2, -0.15) is 25.9 Å². The van der Waals surface area contributed by atoms with Gasteiger partial charge in [0, 0.05) is 26.6 Å². The van der Waals surface area contributed by atoms with Gasteiger partial charge < -0.3 is 4.74 Å². The SMILES string of the molecule is COC(=O)CCN(C)S(=O)(=O)NCCCC(F)(F)F. The zero-order chi connectivity index (χ0) is 15.1. The third-order valence-electron chi connectivity index (χ3n) is 2.19. The van der Waals surface area contributed by atoms with Crippen molar-refractivity contribution in [3.8, 4) is 0 Å². The molecule has 0 aliphatic carbocycles. The Morgan fingerprint density at radius 2 is 1.95 bits per heavy atom. The largest absolute Gasteiger partial charge is 0.469 e. The third-order valence-corrected chi connectivity index (χ3v) is 3.76. The van der Waals surface area contributed by atoms with Gasteiger partial charge in [0.15, 0.2) is 0 Å². The fourth-order valence-corrected chi connectivity index (χ4v) is 2.03. The molecule has 0 fully saturated rings. The molecule has 0 saturated heterocycles. The first-order valence-corrected chi connectivity index (χ1v) is 6.87. The van der Waals surface area contributed by atoms with Gasteiger partial charge in [0.1, 0.15) is 0 Å². The monoisotopic (exact) mass is 306 g/mol. The van der Waals surface area contributed by atoms with Crippen LogP contribution in [0.25, 0.3) is 0 Å². The van der Waals surface area contributed by atoms with Crippen molar-refractivity contribution in [2.45, 2.75) is 25.4 Å². The molecule has 0 aromatic carbocycles. The van der Waals surface area contributed by atoms with E-state index in [1.807, 2.05) is 4.72 Å². The van der Waals surface area contributed by atoms with Crippen LogP contribution in [-0.2, 0) is 19.7 Å². The molecule has 0 atom stereocenters. The van der Waals surface area contributed by atoms with Crippen molar-refractivity contribution in [3.63, 3.8) is 0 Å². The van der Waals surface area contributed by atoms with Crippen LogP contribution >= 0.6 is 0 Å². The molecule has 19 heavy (non-hydrogen) atoms. The van der Waals surface area contributed by atoms with E-state index in [-0.39, 0.29) is 25.9 Å². The molecule has 0 aromatic rings. The molecule has 0 heterocycles. The summed E-state index contributed by atoms with van der Waals surface area (Å²) in [5.74, 6) is -0.570. The van der Waals surface area contributed by atoms with Crippen molar-refractivity contribution in [3.05, 3.63) is 0 Å². The second-order valence-corrected chi connectivity index (χ2v) is 5.63. The van der Waals surface area contributed by atoms with Crippen molar-refractivity contribution >= 4 is 16.2 Å². The van der Waals surface area contributed by atoms with Gasteiger partial charge in [-0.15, -0.1) is 0 Å². The summed E-state index contributed by atoms with van der Waals surface area (Å²) in [4.78, 5) is 10.8. The summed E-state index contributed by atoms with van der Waals surface area (Å²) in [7, 11) is -1.48. The fraction of sp³-hybridized carbons (Fsp3) is 0.889. The van der Waals surface area contributed by atoms with Gasteiger partial charge in [0.05, 0.1) is 13.5 Å². The lowest BCUT2D eigenvalue weighted by Gasteiger charge is -2.17. The Morgan fingerprint density at radius 3 is 2.42 bits per heavy atom. The summed E-state index contributed by atoms with van der Waals surface area (Å²) in [6.07, 6.45) is -5.83. The summed E-state index contributed by atoms with van der Waals surface area (Å²) >= 11 is 0. The maximum absolute atomic E-state index is 11.8. The van der Waals surface area contributed by atoms with E-state index < -0.39 is 28.8 Å². The van der Waals surface area contributed by atoms with Crippen molar-refractivity contribution in [2.24, 2.45) is 0 Å². The Labute approximate surface area is 110 Å². The second kappa shape index (κ2) is 7.65. The van der Waals surface area contributed by atoms with E-state index in [9.17, 15) is 26.4 Å². The Kier molecular flexibility index (Phi) is 7.30. The van der Waals surface area contributed by atoms with Crippen LogP contribution in [0.3, 0.4) is 0 Å². The lowest BCUT2D eigenvalue weighted by molar-refractivity contribution is -0.140. The lowest BCUT2D eigenvalue weighted by Crippen LogP contribution is -2.39. The Bertz CT molecular complexity index is 383. The third kappa shape index (κ3) is 8.78. The quantitative estimate of drug-likeness (QED) is 0.528. The summed E-state index contributed by atoms with van der Waals surface area (Å²) in [6.45, 7) is -0.425. The van der Waals surface area contributed by atoms with Gasteiger partial charge in [0.2, 0.25) is 0 Å². The van der Waals surface area contributed by atoms with Crippen LogP contribution in [-0.4, -0.2) is 52.1 Å². The number of nitrogens with zero attached hydrogens (tertiary/aromatic N) is 1. The molecule has 10 heteroatoms. The number of hydrogen-bond donors (Lipinski definition) is 1.